The van der Waals surface area contributed by atoms with E-state index in [9.17, 15) is 0 Å². The molecule has 0 radical (unpaired) electrons. The molecule has 2 aromatic heterocycles. The van der Waals surface area contributed by atoms with Crippen LogP contribution in [0.5, 0.6) is 5.75 Å². The van der Waals surface area contributed by atoms with Crippen LogP contribution in [0.4, 0.5) is 11.5 Å². The van der Waals surface area contributed by atoms with E-state index in [1.165, 1.54) is 0 Å². The van der Waals surface area contributed by atoms with Gasteiger partial charge < -0.3 is 10.1 Å². The molecule has 124 valence electrons. The first-order valence-corrected chi connectivity index (χ1v) is 8.92. The summed E-state index contributed by atoms with van der Waals surface area (Å²) in [7, 11) is 1.64. The number of fused-ring (bicyclic) bond motifs is 1. The number of para-hydroxylation sites is 2. The van der Waals surface area contributed by atoms with Gasteiger partial charge in [-0.15, -0.1) is 11.3 Å². The molecule has 0 aliphatic heterocycles. The first-order chi connectivity index (χ1) is 12.3. The van der Waals surface area contributed by atoms with E-state index in [4.69, 9.17) is 16.3 Å². The maximum atomic E-state index is 6.13. The van der Waals surface area contributed by atoms with E-state index < -0.39 is 0 Å². The van der Waals surface area contributed by atoms with Gasteiger partial charge in [0.15, 0.2) is 0 Å². The zero-order chi connectivity index (χ0) is 17.2. The topological polar surface area (TPSA) is 47.0 Å². The molecule has 0 spiro atoms. The van der Waals surface area contributed by atoms with Crippen LogP contribution < -0.4 is 10.1 Å². The van der Waals surface area contributed by atoms with E-state index >= 15 is 0 Å². The number of benzene rings is 2. The van der Waals surface area contributed by atoms with Gasteiger partial charge in [-0.1, -0.05) is 42.5 Å². The Labute approximate surface area is 154 Å². The van der Waals surface area contributed by atoms with Crippen LogP contribution in [0.25, 0.3) is 21.3 Å². The van der Waals surface area contributed by atoms with E-state index in [1.54, 1.807) is 18.4 Å². The Morgan fingerprint density at radius 2 is 1.76 bits per heavy atom. The summed E-state index contributed by atoms with van der Waals surface area (Å²) in [6.45, 7) is 0. The number of anilines is 2. The second-order valence-electron chi connectivity index (χ2n) is 5.36. The summed E-state index contributed by atoms with van der Waals surface area (Å²) in [4.78, 5) is 9.64. The van der Waals surface area contributed by atoms with Gasteiger partial charge in [-0.3, -0.25) is 0 Å². The number of methoxy groups -OCH3 is 1. The molecule has 0 aliphatic carbocycles. The van der Waals surface area contributed by atoms with Crippen LogP contribution in [0.1, 0.15) is 0 Å². The molecular formula is C19H14ClN3OS. The summed E-state index contributed by atoms with van der Waals surface area (Å²) in [6.07, 6.45) is 0. The Hall–Kier alpha value is -2.63. The first kappa shape index (κ1) is 15.9. The van der Waals surface area contributed by atoms with Gasteiger partial charge in [0.1, 0.15) is 16.4 Å². The average Bonchev–Trinajstić information content (AvgIpc) is 3.07. The lowest BCUT2D eigenvalue weighted by Gasteiger charge is -2.12. The molecule has 2 aromatic carbocycles. The molecule has 6 heteroatoms. The summed E-state index contributed by atoms with van der Waals surface area (Å²) >= 11 is 7.68. The molecule has 25 heavy (non-hydrogen) atoms. The normalized spacial score (nSPS) is 10.8. The predicted molar refractivity (Wildman–Crippen MR) is 104 cm³/mol. The first-order valence-electron chi connectivity index (χ1n) is 7.66. The lowest BCUT2D eigenvalue weighted by atomic mass is 10.1. The summed E-state index contributed by atoms with van der Waals surface area (Å²) in [5, 5.41) is 6.60. The molecular weight excluding hydrogens is 354 g/mol. The number of rotatable bonds is 4. The molecule has 0 aliphatic rings. The van der Waals surface area contributed by atoms with Crippen LogP contribution in [0.3, 0.4) is 0 Å². The number of hydrogen-bond acceptors (Lipinski definition) is 5. The number of ether oxygens (including phenoxy) is 1. The average molecular weight is 368 g/mol. The highest BCUT2D eigenvalue weighted by atomic mass is 35.5. The Bertz CT molecular complexity index is 1030. The SMILES string of the molecule is COc1ccccc1Nc1nc(Cl)nc2scc(-c3ccccc3)c12. The number of nitrogens with zero attached hydrogens (tertiary/aromatic N) is 2. The van der Waals surface area contributed by atoms with Crippen molar-refractivity contribution in [3.63, 3.8) is 0 Å². The van der Waals surface area contributed by atoms with Gasteiger partial charge in [0.05, 0.1) is 18.2 Å². The molecule has 0 unspecified atom stereocenters. The van der Waals surface area contributed by atoms with Crippen molar-refractivity contribution in [3.8, 4) is 16.9 Å². The molecule has 0 saturated carbocycles. The van der Waals surface area contributed by atoms with Gasteiger partial charge in [-0.2, -0.15) is 4.98 Å². The standard InChI is InChI=1S/C19H14ClN3OS/c1-24-15-10-6-5-9-14(15)21-17-16-13(12-7-3-2-4-8-12)11-25-18(16)23-19(20)22-17/h2-11H,1H3,(H,21,22,23). The monoisotopic (exact) mass is 367 g/mol. The van der Waals surface area contributed by atoms with Crippen molar-refractivity contribution in [3.05, 3.63) is 65.3 Å². The Kier molecular flexibility index (Phi) is 4.26. The molecule has 1 N–H and O–H groups in total. The molecule has 0 atom stereocenters. The maximum absolute atomic E-state index is 6.13. The van der Waals surface area contributed by atoms with Crippen molar-refractivity contribution in [2.75, 3.05) is 12.4 Å². The highest BCUT2D eigenvalue weighted by Gasteiger charge is 2.16. The van der Waals surface area contributed by atoms with Crippen LogP contribution in [0, 0.1) is 0 Å². The third-order valence-corrected chi connectivity index (χ3v) is 4.89. The molecule has 0 saturated heterocycles. The Morgan fingerprint density at radius 1 is 1.00 bits per heavy atom. The maximum Gasteiger partial charge on any atom is 0.225 e. The van der Waals surface area contributed by atoms with Crippen molar-refractivity contribution in [1.29, 1.82) is 0 Å². The van der Waals surface area contributed by atoms with E-state index in [-0.39, 0.29) is 5.28 Å². The van der Waals surface area contributed by atoms with Crippen molar-refractivity contribution in [2.45, 2.75) is 0 Å². The fraction of sp³-hybridized carbons (Fsp3) is 0.0526. The number of aromatic nitrogens is 2. The van der Waals surface area contributed by atoms with Crippen molar-refractivity contribution in [1.82, 2.24) is 9.97 Å². The zero-order valence-corrected chi connectivity index (χ0v) is 14.9. The van der Waals surface area contributed by atoms with E-state index in [2.05, 4.69) is 32.8 Å². The summed E-state index contributed by atoms with van der Waals surface area (Å²) in [5.74, 6) is 1.40. The van der Waals surface area contributed by atoms with Gasteiger partial charge in [-0.05, 0) is 29.3 Å². The number of nitrogens with one attached hydrogen (secondary N) is 1. The van der Waals surface area contributed by atoms with Crippen LogP contribution in [0.15, 0.2) is 60.0 Å². The molecule has 4 rings (SSSR count). The lowest BCUT2D eigenvalue weighted by molar-refractivity contribution is 0.417. The van der Waals surface area contributed by atoms with Gasteiger partial charge in [0.25, 0.3) is 0 Å². The summed E-state index contributed by atoms with van der Waals surface area (Å²) in [5.41, 5.74) is 3.02. The van der Waals surface area contributed by atoms with Gasteiger partial charge in [-0.25, -0.2) is 4.98 Å². The fourth-order valence-corrected chi connectivity index (χ4v) is 3.88. The van der Waals surface area contributed by atoms with Crippen LogP contribution in [-0.2, 0) is 0 Å². The third kappa shape index (κ3) is 3.04. The minimum absolute atomic E-state index is 0.214. The third-order valence-electron chi connectivity index (χ3n) is 3.85. The van der Waals surface area contributed by atoms with Crippen LogP contribution in [-0.4, -0.2) is 17.1 Å². The number of halogens is 1. The predicted octanol–water partition coefficient (Wildman–Crippen LogP) is 5.76. The van der Waals surface area contributed by atoms with Crippen LogP contribution >= 0.6 is 22.9 Å². The van der Waals surface area contributed by atoms with Gasteiger partial charge >= 0.3 is 0 Å². The molecule has 0 fully saturated rings. The van der Waals surface area contributed by atoms with E-state index in [1.807, 2.05) is 42.5 Å². The molecule has 4 aromatic rings. The highest BCUT2D eigenvalue weighted by molar-refractivity contribution is 7.17. The largest absolute Gasteiger partial charge is 0.495 e. The van der Waals surface area contributed by atoms with Crippen LogP contribution in [0.2, 0.25) is 5.28 Å². The number of thiophene rings is 1. The van der Waals surface area contributed by atoms with Crippen molar-refractivity contribution >= 4 is 44.7 Å². The zero-order valence-electron chi connectivity index (χ0n) is 13.4. The second-order valence-corrected chi connectivity index (χ2v) is 6.56. The molecule has 0 amide bonds. The number of hydrogen-bond donors (Lipinski definition) is 1. The minimum Gasteiger partial charge on any atom is -0.495 e. The molecule has 4 nitrogen and oxygen atoms in total. The molecule has 2 heterocycles. The highest BCUT2D eigenvalue weighted by Crippen LogP contribution is 2.39. The van der Waals surface area contributed by atoms with Gasteiger partial charge in [0.2, 0.25) is 5.28 Å². The Morgan fingerprint density at radius 3 is 2.56 bits per heavy atom. The minimum atomic E-state index is 0.214. The summed E-state index contributed by atoms with van der Waals surface area (Å²) in [6, 6.07) is 17.9. The fourth-order valence-electron chi connectivity index (χ4n) is 2.71. The smallest absolute Gasteiger partial charge is 0.225 e. The van der Waals surface area contributed by atoms with E-state index in [0.29, 0.717) is 5.82 Å². The van der Waals surface area contributed by atoms with E-state index in [0.717, 1.165) is 32.8 Å². The quantitative estimate of drug-likeness (QED) is 0.465. The lowest BCUT2D eigenvalue weighted by Crippen LogP contribution is -1.98. The Balaban J connectivity index is 1.89. The summed E-state index contributed by atoms with van der Waals surface area (Å²) < 4.78 is 5.42. The second kappa shape index (κ2) is 6.70. The molecule has 0 bridgehead atoms. The van der Waals surface area contributed by atoms with Gasteiger partial charge in [0, 0.05) is 10.9 Å². The van der Waals surface area contributed by atoms with Crippen molar-refractivity contribution < 1.29 is 4.74 Å². The van der Waals surface area contributed by atoms with Crippen molar-refractivity contribution in [2.24, 2.45) is 0 Å².